The zero-order valence-electron chi connectivity index (χ0n) is 11.5. The Balaban J connectivity index is 0. The fourth-order valence-electron chi connectivity index (χ4n) is 1.22. The summed E-state index contributed by atoms with van der Waals surface area (Å²) < 4.78 is 39.7. The molecular weight excluding hydrogens is 303 g/mol. The van der Waals surface area contributed by atoms with Crippen LogP contribution in [0.1, 0.15) is 22.1 Å². The summed E-state index contributed by atoms with van der Waals surface area (Å²) in [7, 11) is -2.35. The molecule has 1 N–H and O–H groups in total. The van der Waals surface area contributed by atoms with Crippen molar-refractivity contribution in [1.82, 2.24) is 0 Å². The van der Waals surface area contributed by atoms with E-state index in [0.717, 1.165) is 32.4 Å². The minimum atomic E-state index is -4.55. The van der Waals surface area contributed by atoms with E-state index in [1.165, 1.54) is 0 Å². The van der Waals surface area contributed by atoms with Crippen LogP contribution in [0, 0.1) is 0 Å². The van der Waals surface area contributed by atoms with Crippen LogP contribution in [0.3, 0.4) is 0 Å². The number of benzene rings is 1. The molecule has 0 aromatic heterocycles. The van der Waals surface area contributed by atoms with E-state index in [1.807, 2.05) is 0 Å². The monoisotopic (exact) mass is 314 g/mol. The molecule has 0 amide bonds. The topological polar surface area (TPSA) is 107 Å². The molecule has 0 aliphatic carbocycles. The quantitative estimate of drug-likeness (QED) is 0.377. The molecule has 0 spiro atoms. The van der Waals surface area contributed by atoms with Gasteiger partial charge in [0, 0.05) is 0 Å². The standard InChI is InChI=1S/C10H10O7S.K.H/c1-16-9(11)6-3-7(10(12)17-2)5-8(4-6)18(13,14)15;;/h3-5H,1-2H3,(H,13,14,15);;/q;+1;-1. The second-order valence-corrected chi connectivity index (χ2v) is 4.63. The first-order chi connectivity index (χ1) is 8.29. The first kappa shape index (κ1) is 18.7. The van der Waals surface area contributed by atoms with Gasteiger partial charge in [0.1, 0.15) is 0 Å². The number of carbonyl (C=O) groups is 2. The molecule has 1 aromatic rings. The fraction of sp³-hybridized carbons (Fsp3) is 0.200. The Morgan fingerprint density at radius 3 is 1.68 bits per heavy atom. The second kappa shape index (κ2) is 7.48. The predicted octanol–water partition coefficient (Wildman–Crippen LogP) is -2.38. The molecule has 0 unspecified atom stereocenters. The number of hydrogen-bond acceptors (Lipinski definition) is 6. The smallest absolute Gasteiger partial charge is 1.00 e. The van der Waals surface area contributed by atoms with Crippen molar-refractivity contribution in [2.24, 2.45) is 0 Å². The summed E-state index contributed by atoms with van der Waals surface area (Å²) >= 11 is 0. The number of methoxy groups -OCH3 is 2. The van der Waals surface area contributed by atoms with Crippen LogP contribution in [0.5, 0.6) is 0 Å². The van der Waals surface area contributed by atoms with Gasteiger partial charge in [-0.15, -0.1) is 0 Å². The summed E-state index contributed by atoms with van der Waals surface area (Å²) in [6, 6.07) is 2.90. The second-order valence-electron chi connectivity index (χ2n) is 3.20. The van der Waals surface area contributed by atoms with Gasteiger partial charge in [-0.05, 0) is 18.2 Å². The van der Waals surface area contributed by atoms with Crippen molar-refractivity contribution < 1.29 is 84.8 Å². The van der Waals surface area contributed by atoms with E-state index in [0.29, 0.717) is 0 Å². The molecule has 9 heteroatoms. The van der Waals surface area contributed by atoms with Gasteiger partial charge < -0.3 is 10.9 Å². The number of carbonyl (C=O) groups excluding carboxylic acids is 2. The maximum atomic E-state index is 11.3. The van der Waals surface area contributed by atoms with Crippen LogP contribution >= 0.6 is 0 Å². The van der Waals surface area contributed by atoms with Gasteiger partial charge in [0.05, 0.1) is 30.2 Å². The van der Waals surface area contributed by atoms with E-state index in [1.54, 1.807) is 0 Å². The van der Waals surface area contributed by atoms with Gasteiger partial charge in [-0.2, -0.15) is 8.42 Å². The summed E-state index contributed by atoms with van der Waals surface area (Å²) in [4.78, 5) is 22.0. The molecule has 1 aromatic carbocycles. The molecule has 0 fully saturated rings. The van der Waals surface area contributed by atoms with E-state index in [2.05, 4.69) is 9.47 Å². The third kappa shape index (κ3) is 4.95. The minimum Gasteiger partial charge on any atom is -1.00 e. The van der Waals surface area contributed by atoms with Crippen LogP contribution in [0.15, 0.2) is 23.1 Å². The van der Waals surface area contributed by atoms with Crippen LogP contribution in [0.25, 0.3) is 0 Å². The summed E-state index contributed by atoms with van der Waals surface area (Å²) in [5, 5.41) is 0. The average Bonchev–Trinajstić information content (AvgIpc) is 2.35. The van der Waals surface area contributed by atoms with E-state index in [4.69, 9.17) is 4.55 Å². The van der Waals surface area contributed by atoms with Gasteiger partial charge >= 0.3 is 63.3 Å². The largest absolute Gasteiger partial charge is 1.00 e. The number of rotatable bonds is 3. The molecule has 0 heterocycles. The number of hydrogen-bond donors (Lipinski definition) is 1. The molecule has 0 bridgehead atoms. The fourth-order valence-corrected chi connectivity index (χ4v) is 1.77. The molecule has 0 radical (unpaired) electrons. The van der Waals surface area contributed by atoms with E-state index in [9.17, 15) is 18.0 Å². The van der Waals surface area contributed by atoms with Gasteiger partial charge in [-0.3, -0.25) is 4.55 Å². The number of esters is 2. The predicted molar refractivity (Wildman–Crippen MR) is 60.0 cm³/mol. The zero-order chi connectivity index (χ0) is 13.9. The Morgan fingerprint density at radius 2 is 1.42 bits per heavy atom. The maximum Gasteiger partial charge on any atom is 1.00 e. The average molecular weight is 314 g/mol. The molecule has 19 heavy (non-hydrogen) atoms. The summed E-state index contributed by atoms with van der Waals surface area (Å²) in [5.41, 5.74) is -0.374. The molecule has 7 nitrogen and oxygen atoms in total. The normalized spacial score (nSPS) is 10.3. The van der Waals surface area contributed by atoms with Crippen LogP contribution in [-0.2, 0) is 19.6 Å². The van der Waals surface area contributed by atoms with E-state index < -0.39 is 27.0 Å². The third-order valence-electron chi connectivity index (χ3n) is 2.05. The minimum absolute atomic E-state index is 0. The summed E-state index contributed by atoms with van der Waals surface area (Å²) in [6.45, 7) is 0. The molecule has 1 rings (SSSR count). The van der Waals surface area contributed by atoms with Crippen molar-refractivity contribution in [3.05, 3.63) is 29.3 Å². The maximum absolute atomic E-state index is 11.3. The summed E-state index contributed by atoms with van der Waals surface area (Å²) in [6.07, 6.45) is 0. The van der Waals surface area contributed by atoms with Gasteiger partial charge in [-0.1, -0.05) is 0 Å². The van der Waals surface area contributed by atoms with Crippen molar-refractivity contribution in [2.45, 2.75) is 4.90 Å². The van der Waals surface area contributed by atoms with Crippen LogP contribution in [-0.4, -0.2) is 39.1 Å². The van der Waals surface area contributed by atoms with Crippen LogP contribution in [0.2, 0.25) is 0 Å². The van der Waals surface area contributed by atoms with Crippen molar-refractivity contribution in [3.8, 4) is 0 Å². The van der Waals surface area contributed by atoms with E-state index >= 15 is 0 Å². The van der Waals surface area contributed by atoms with Crippen LogP contribution < -0.4 is 51.4 Å². The molecule has 0 aliphatic heterocycles. The first-order valence-electron chi connectivity index (χ1n) is 4.59. The Hall–Kier alpha value is -0.294. The van der Waals surface area contributed by atoms with Gasteiger partial charge in [0.25, 0.3) is 10.1 Å². The molecular formula is C10H11KO7S. The van der Waals surface area contributed by atoms with Crippen molar-refractivity contribution in [3.63, 3.8) is 0 Å². The number of ether oxygens (including phenoxy) is 2. The first-order valence-corrected chi connectivity index (χ1v) is 6.03. The van der Waals surface area contributed by atoms with Crippen molar-refractivity contribution in [1.29, 1.82) is 0 Å². The molecule has 100 valence electrons. The van der Waals surface area contributed by atoms with Gasteiger partial charge in [0.15, 0.2) is 0 Å². The zero-order valence-corrected chi connectivity index (χ0v) is 14.5. The molecule has 0 saturated carbocycles. The van der Waals surface area contributed by atoms with Gasteiger partial charge in [-0.25, -0.2) is 9.59 Å². The Labute approximate surface area is 153 Å². The van der Waals surface area contributed by atoms with Crippen molar-refractivity contribution in [2.75, 3.05) is 14.2 Å². The Morgan fingerprint density at radius 1 is 1.05 bits per heavy atom. The van der Waals surface area contributed by atoms with Gasteiger partial charge in [0.2, 0.25) is 0 Å². The van der Waals surface area contributed by atoms with E-state index in [-0.39, 0.29) is 63.9 Å². The molecule has 0 atom stereocenters. The Kier molecular flexibility index (Phi) is 7.36. The third-order valence-corrected chi connectivity index (χ3v) is 2.88. The van der Waals surface area contributed by atoms with Crippen LogP contribution in [0.4, 0.5) is 0 Å². The summed E-state index contributed by atoms with van der Waals surface area (Å²) in [5.74, 6) is -1.68. The SMILES string of the molecule is COC(=O)c1cc(C(=O)OC)cc(S(=O)(=O)O)c1.[H-].[K+]. The molecule has 0 aliphatic rings. The van der Waals surface area contributed by atoms with Crippen molar-refractivity contribution >= 4 is 22.1 Å². The Bertz CT molecular complexity index is 565. The molecule has 0 saturated heterocycles.